The van der Waals surface area contributed by atoms with Crippen LogP contribution in [0.25, 0.3) is 0 Å². The molecule has 1 unspecified atom stereocenters. The normalized spacial score (nSPS) is 18.9. The van der Waals surface area contributed by atoms with Crippen LogP contribution in [0.5, 0.6) is 0 Å². The van der Waals surface area contributed by atoms with Crippen molar-refractivity contribution in [3.8, 4) is 0 Å². The summed E-state index contributed by atoms with van der Waals surface area (Å²) < 4.78 is 43.8. The highest BCUT2D eigenvalue weighted by molar-refractivity contribution is 9.09. The van der Waals surface area contributed by atoms with Gasteiger partial charge in [0.05, 0.1) is 11.3 Å². The van der Waals surface area contributed by atoms with Crippen molar-refractivity contribution in [3.05, 3.63) is 29.3 Å². The number of rotatable bonds is 0. The van der Waals surface area contributed by atoms with E-state index in [1.165, 1.54) is 11.0 Å². The molecule has 1 heterocycles. The van der Waals surface area contributed by atoms with Gasteiger partial charge in [-0.05, 0) is 51.0 Å². The van der Waals surface area contributed by atoms with E-state index in [-0.39, 0.29) is 4.83 Å². The summed E-state index contributed by atoms with van der Waals surface area (Å²) in [5.41, 5.74) is -0.474. The molecule has 1 atom stereocenters. The Morgan fingerprint density at radius 2 is 1.95 bits per heavy atom. The van der Waals surface area contributed by atoms with Crippen LogP contribution in [0.1, 0.15) is 43.1 Å². The third-order valence-corrected chi connectivity index (χ3v) is 4.15. The molecule has 1 aromatic rings. The first-order valence-corrected chi connectivity index (χ1v) is 7.76. The van der Waals surface area contributed by atoms with E-state index in [4.69, 9.17) is 4.74 Å². The smallest absolute Gasteiger partial charge is 0.416 e. The van der Waals surface area contributed by atoms with Crippen molar-refractivity contribution >= 4 is 27.7 Å². The van der Waals surface area contributed by atoms with Gasteiger partial charge < -0.3 is 4.74 Å². The number of nitrogens with zero attached hydrogens (tertiary/aromatic N) is 1. The van der Waals surface area contributed by atoms with Gasteiger partial charge in [0.15, 0.2) is 0 Å². The van der Waals surface area contributed by atoms with Crippen LogP contribution in [0.4, 0.5) is 23.7 Å². The van der Waals surface area contributed by atoms with Crippen LogP contribution in [-0.2, 0) is 10.9 Å². The van der Waals surface area contributed by atoms with E-state index >= 15 is 0 Å². The molecule has 0 radical (unpaired) electrons. The molecule has 0 aliphatic carbocycles. The minimum absolute atomic E-state index is 0.219. The number of fused-ring (bicyclic) bond motifs is 1. The number of hydrogen-bond acceptors (Lipinski definition) is 2. The molecule has 0 N–H and O–H groups in total. The highest BCUT2D eigenvalue weighted by Crippen LogP contribution is 2.42. The highest BCUT2D eigenvalue weighted by atomic mass is 79.9. The number of carbonyl (C=O) groups is 1. The Hall–Kier alpha value is -1.24. The summed E-state index contributed by atoms with van der Waals surface area (Å²) >= 11 is 3.38. The molecule has 0 saturated carbocycles. The number of benzene rings is 1. The predicted octanol–water partition coefficient (Wildman–Crippen LogP) is 5.29. The molecule has 3 nitrogen and oxygen atoms in total. The van der Waals surface area contributed by atoms with Gasteiger partial charge in [-0.1, -0.05) is 15.9 Å². The lowest BCUT2D eigenvalue weighted by Crippen LogP contribution is -2.40. The molecule has 1 amide bonds. The lowest BCUT2D eigenvalue weighted by molar-refractivity contribution is -0.137. The standard InChI is InChI=1S/C15H17BrF3NO2/c1-14(2,3)22-13(21)20-7-6-11(16)10-8-9(15(17,18)19)4-5-12(10)20/h4-5,8,11H,6-7H2,1-3H3. The molecule has 0 saturated heterocycles. The van der Waals surface area contributed by atoms with E-state index in [0.717, 1.165) is 12.1 Å². The van der Waals surface area contributed by atoms with Crippen molar-refractivity contribution in [1.29, 1.82) is 0 Å². The number of alkyl halides is 4. The first kappa shape index (κ1) is 17.1. The molecule has 22 heavy (non-hydrogen) atoms. The molecule has 0 fully saturated rings. The monoisotopic (exact) mass is 379 g/mol. The Kier molecular flexibility index (Phi) is 4.48. The average molecular weight is 380 g/mol. The maximum absolute atomic E-state index is 12.8. The highest BCUT2D eigenvalue weighted by Gasteiger charge is 2.35. The quantitative estimate of drug-likeness (QED) is 0.573. The molecule has 2 rings (SSSR count). The van der Waals surface area contributed by atoms with Crippen LogP contribution in [0.3, 0.4) is 0 Å². The molecule has 0 spiro atoms. The van der Waals surface area contributed by atoms with E-state index in [0.29, 0.717) is 24.2 Å². The van der Waals surface area contributed by atoms with Gasteiger partial charge in [0.2, 0.25) is 0 Å². The SMILES string of the molecule is CC(C)(C)OC(=O)N1CCC(Br)c2cc(C(F)(F)F)ccc21. The largest absolute Gasteiger partial charge is 0.443 e. The van der Waals surface area contributed by atoms with Crippen molar-refractivity contribution in [2.24, 2.45) is 0 Å². The molecule has 1 aromatic carbocycles. The number of hydrogen-bond donors (Lipinski definition) is 0. The summed E-state index contributed by atoms with van der Waals surface area (Å²) in [5, 5.41) is 0. The van der Waals surface area contributed by atoms with Gasteiger partial charge in [-0.2, -0.15) is 13.2 Å². The van der Waals surface area contributed by atoms with Crippen molar-refractivity contribution in [2.75, 3.05) is 11.4 Å². The number of carbonyl (C=O) groups excluding carboxylic acids is 1. The maximum Gasteiger partial charge on any atom is 0.416 e. The fourth-order valence-electron chi connectivity index (χ4n) is 2.25. The Bertz CT molecular complexity index is 581. The maximum atomic E-state index is 12.8. The van der Waals surface area contributed by atoms with Crippen LogP contribution in [0.2, 0.25) is 0 Å². The zero-order valence-corrected chi connectivity index (χ0v) is 14.1. The first-order valence-electron chi connectivity index (χ1n) is 6.85. The zero-order valence-electron chi connectivity index (χ0n) is 12.5. The third-order valence-electron chi connectivity index (χ3n) is 3.20. The molecular weight excluding hydrogens is 363 g/mol. The lowest BCUT2D eigenvalue weighted by atomic mass is 9.99. The number of halogens is 4. The minimum atomic E-state index is -4.41. The van der Waals surface area contributed by atoms with Gasteiger partial charge >= 0.3 is 12.3 Å². The van der Waals surface area contributed by atoms with Gasteiger partial charge in [-0.15, -0.1) is 0 Å². The second-order valence-corrected chi connectivity index (χ2v) is 7.26. The van der Waals surface area contributed by atoms with Crippen molar-refractivity contribution in [2.45, 2.75) is 43.8 Å². The van der Waals surface area contributed by atoms with Crippen molar-refractivity contribution < 1.29 is 22.7 Å². The summed E-state index contributed by atoms with van der Waals surface area (Å²) in [6, 6.07) is 3.40. The molecule has 0 bridgehead atoms. The minimum Gasteiger partial charge on any atom is -0.443 e. The van der Waals surface area contributed by atoms with Gasteiger partial charge in [-0.3, -0.25) is 4.90 Å². The van der Waals surface area contributed by atoms with Crippen molar-refractivity contribution in [3.63, 3.8) is 0 Å². The summed E-state index contributed by atoms with van der Waals surface area (Å²) in [4.78, 5) is 13.4. The second-order valence-electron chi connectivity index (χ2n) is 6.16. The van der Waals surface area contributed by atoms with Crippen LogP contribution < -0.4 is 4.90 Å². The number of amides is 1. The average Bonchev–Trinajstić information content (AvgIpc) is 2.35. The topological polar surface area (TPSA) is 29.5 Å². The van der Waals surface area contributed by atoms with E-state index in [2.05, 4.69) is 15.9 Å². The Labute approximate surface area is 135 Å². The third kappa shape index (κ3) is 3.74. The fourth-order valence-corrected chi connectivity index (χ4v) is 2.82. The predicted molar refractivity (Wildman–Crippen MR) is 81.3 cm³/mol. The van der Waals surface area contributed by atoms with Crippen molar-refractivity contribution in [1.82, 2.24) is 0 Å². The molecule has 1 aliphatic rings. The molecule has 0 aromatic heterocycles. The van der Waals surface area contributed by atoms with E-state index in [1.54, 1.807) is 20.8 Å². The number of anilines is 1. The fraction of sp³-hybridized carbons (Fsp3) is 0.533. The molecule has 1 aliphatic heterocycles. The van der Waals surface area contributed by atoms with Crippen LogP contribution >= 0.6 is 15.9 Å². The van der Waals surface area contributed by atoms with E-state index in [1.807, 2.05) is 0 Å². The van der Waals surface area contributed by atoms with Crippen LogP contribution in [0, 0.1) is 0 Å². The van der Waals surface area contributed by atoms with E-state index < -0.39 is 23.4 Å². The van der Waals surface area contributed by atoms with Gasteiger partial charge in [0.25, 0.3) is 0 Å². The van der Waals surface area contributed by atoms with Crippen LogP contribution in [0.15, 0.2) is 18.2 Å². The molecular formula is C15H17BrF3NO2. The second kappa shape index (κ2) is 5.76. The Balaban J connectivity index is 2.37. The summed E-state index contributed by atoms with van der Waals surface area (Å²) in [5.74, 6) is 0. The summed E-state index contributed by atoms with van der Waals surface area (Å²) in [7, 11) is 0. The Morgan fingerprint density at radius 1 is 1.32 bits per heavy atom. The van der Waals surface area contributed by atoms with Gasteiger partial charge in [0.1, 0.15) is 5.60 Å². The molecule has 122 valence electrons. The Morgan fingerprint density at radius 3 is 2.50 bits per heavy atom. The lowest BCUT2D eigenvalue weighted by Gasteiger charge is -2.34. The first-order chi connectivity index (χ1) is 9.99. The zero-order chi connectivity index (χ0) is 16.7. The van der Waals surface area contributed by atoms with E-state index in [9.17, 15) is 18.0 Å². The van der Waals surface area contributed by atoms with Crippen LogP contribution in [-0.4, -0.2) is 18.2 Å². The van der Waals surface area contributed by atoms with Gasteiger partial charge in [-0.25, -0.2) is 4.79 Å². The van der Waals surface area contributed by atoms with Gasteiger partial charge in [0, 0.05) is 11.4 Å². The number of ether oxygens (including phenoxy) is 1. The summed E-state index contributed by atoms with van der Waals surface area (Å²) in [6.45, 7) is 5.63. The molecule has 7 heteroatoms. The summed E-state index contributed by atoms with van der Waals surface area (Å²) in [6.07, 6.45) is -4.43.